The molecule has 88 valence electrons. The average Bonchev–Trinajstić information content (AvgIpc) is 2.09. The third-order valence-electron chi connectivity index (χ3n) is 1.89. The molecule has 0 bridgehead atoms. The molecule has 0 amide bonds. The van der Waals surface area contributed by atoms with Crippen LogP contribution < -0.4 is 0 Å². The van der Waals surface area contributed by atoms with E-state index in [0.29, 0.717) is 0 Å². The van der Waals surface area contributed by atoms with Crippen molar-refractivity contribution in [3.63, 3.8) is 0 Å². The molecule has 0 fully saturated rings. The minimum absolute atomic E-state index is 0.241. The van der Waals surface area contributed by atoms with Crippen molar-refractivity contribution in [3.05, 3.63) is 35.1 Å². The molecule has 0 atom stereocenters. The van der Waals surface area contributed by atoms with Gasteiger partial charge in [-0.05, 0) is 11.1 Å². The summed E-state index contributed by atoms with van der Waals surface area (Å²) < 4.78 is 49.5. The molecule has 0 radical (unpaired) electrons. The van der Waals surface area contributed by atoms with Crippen LogP contribution in [0.5, 0.6) is 0 Å². The molecule has 0 spiro atoms. The van der Waals surface area contributed by atoms with Crippen LogP contribution in [0.25, 0.3) is 0 Å². The Morgan fingerprint density at radius 1 is 1.25 bits per heavy atom. The van der Waals surface area contributed by atoms with Crippen LogP contribution in [0.15, 0.2) is 18.2 Å². The summed E-state index contributed by atoms with van der Waals surface area (Å²) in [5.74, 6) is -2.38. The van der Waals surface area contributed by atoms with Crippen LogP contribution in [-0.4, -0.2) is 17.3 Å². The number of rotatable bonds is 3. The first-order valence-electron chi connectivity index (χ1n) is 4.34. The van der Waals surface area contributed by atoms with E-state index in [-0.39, 0.29) is 5.56 Å². The number of halogens is 4. The molecule has 0 aromatic heterocycles. The molecule has 1 rings (SSSR count). The Hall–Kier alpha value is -1.59. The summed E-state index contributed by atoms with van der Waals surface area (Å²) in [4.78, 5) is 10.3. The topological polar surface area (TPSA) is 37.3 Å². The second kappa shape index (κ2) is 4.51. The Bertz CT molecular complexity index is 398. The molecular formula is C10H8F4O2. The number of carbonyl (C=O) groups is 1. The molecule has 1 aromatic rings. The molecule has 1 aromatic carbocycles. The van der Waals surface area contributed by atoms with Gasteiger partial charge in [0.25, 0.3) is 0 Å². The van der Waals surface area contributed by atoms with Crippen LogP contribution in [0, 0.1) is 5.82 Å². The average molecular weight is 236 g/mol. The van der Waals surface area contributed by atoms with Crippen molar-refractivity contribution < 1.29 is 27.5 Å². The highest BCUT2D eigenvalue weighted by molar-refractivity contribution is 5.70. The third kappa shape index (κ3) is 3.52. The van der Waals surface area contributed by atoms with Gasteiger partial charge in [-0.2, -0.15) is 13.2 Å². The van der Waals surface area contributed by atoms with Gasteiger partial charge < -0.3 is 5.11 Å². The molecule has 0 aliphatic heterocycles. The number of aliphatic carboxylic acids is 1. The van der Waals surface area contributed by atoms with Crippen molar-refractivity contribution in [1.29, 1.82) is 0 Å². The lowest BCUT2D eigenvalue weighted by atomic mass is 10.0. The quantitative estimate of drug-likeness (QED) is 0.819. The first-order chi connectivity index (χ1) is 7.29. The van der Waals surface area contributed by atoms with Crippen LogP contribution >= 0.6 is 0 Å². The smallest absolute Gasteiger partial charge is 0.393 e. The molecule has 0 saturated heterocycles. The second-order valence-corrected chi connectivity index (χ2v) is 3.25. The zero-order chi connectivity index (χ0) is 12.3. The number of hydrogen-bond donors (Lipinski definition) is 1. The van der Waals surface area contributed by atoms with E-state index in [4.69, 9.17) is 5.11 Å². The highest BCUT2D eigenvalue weighted by atomic mass is 19.4. The first-order valence-corrected chi connectivity index (χ1v) is 4.34. The Balaban J connectivity index is 2.99. The Morgan fingerprint density at radius 2 is 1.81 bits per heavy atom. The minimum atomic E-state index is -4.51. The van der Waals surface area contributed by atoms with E-state index in [1.165, 1.54) is 6.07 Å². The van der Waals surface area contributed by atoms with Crippen LogP contribution in [0.1, 0.15) is 11.1 Å². The van der Waals surface area contributed by atoms with Crippen molar-refractivity contribution in [2.45, 2.75) is 19.0 Å². The zero-order valence-corrected chi connectivity index (χ0v) is 8.01. The number of hydrogen-bond acceptors (Lipinski definition) is 1. The SMILES string of the molecule is O=C(O)Cc1cccc(CC(F)(F)F)c1F. The largest absolute Gasteiger partial charge is 0.481 e. The van der Waals surface area contributed by atoms with E-state index in [9.17, 15) is 22.4 Å². The summed E-state index contributed by atoms with van der Waals surface area (Å²) in [7, 11) is 0. The molecule has 6 heteroatoms. The maximum atomic E-state index is 13.4. The number of carboxylic acid groups (broad SMARTS) is 1. The Kier molecular flexibility index (Phi) is 3.51. The van der Waals surface area contributed by atoms with Gasteiger partial charge in [-0.15, -0.1) is 0 Å². The predicted octanol–water partition coefficient (Wildman–Crippen LogP) is 2.56. The van der Waals surface area contributed by atoms with Gasteiger partial charge >= 0.3 is 12.1 Å². The molecule has 0 unspecified atom stereocenters. The van der Waals surface area contributed by atoms with E-state index in [1.807, 2.05) is 0 Å². The van der Waals surface area contributed by atoms with E-state index < -0.39 is 36.4 Å². The summed E-state index contributed by atoms with van der Waals surface area (Å²) in [5.41, 5.74) is -0.777. The van der Waals surface area contributed by atoms with Crippen molar-refractivity contribution in [3.8, 4) is 0 Å². The summed E-state index contributed by atoms with van der Waals surface area (Å²) in [6.45, 7) is 0. The van der Waals surface area contributed by atoms with Gasteiger partial charge in [0.05, 0.1) is 12.8 Å². The zero-order valence-electron chi connectivity index (χ0n) is 8.01. The van der Waals surface area contributed by atoms with Gasteiger partial charge in [0.2, 0.25) is 0 Å². The fourth-order valence-corrected chi connectivity index (χ4v) is 1.28. The molecule has 0 aliphatic rings. The van der Waals surface area contributed by atoms with E-state index in [0.717, 1.165) is 12.1 Å². The van der Waals surface area contributed by atoms with Gasteiger partial charge in [0.1, 0.15) is 5.82 Å². The van der Waals surface area contributed by atoms with E-state index >= 15 is 0 Å². The fraction of sp³-hybridized carbons (Fsp3) is 0.300. The lowest BCUT2D eigenvalue weighted by Gasteiger charge is -2.09. The van der Waals surface area contributed by atoms with Crippen LogP contribution in [0.4, 0.5) is 17.6 Å². The Labute approximate surface area is 88.5 Å². The van der Waals surface area contributed by atoms with E-state index in [1.54, 1.807) is 0 Å². The molecule has 0 saturated carbocycles. The number of alkyl halides is 3. The molecule has 16 heavy (non-hydrogen) atoms. The Morgan fingerprint density at radius 3 is 2.31 bits per heavy atom. The van der Waals surface area contributed by atoms with Crippen molar-refractivity contribution in [2.24, 2.45) is 0 Å². The van der Waals surface area contributed by atoms with Gasteiger partial charge in [0, 0.05) is 0 Å². The van der Waals surface area contributed by atoms with Crippen molar-refractivity contribution >= 4 is 5.97 Å². The first kappa shape index (κ1) is 12.5. The molecule has 1 N–H and O–H groups in total. The summed E-state index contributed by atoms with van der Waals surface area (Å²) in [6.07, 6.45) is -6.54. The van der Waals surface area contributed by atoms with Gasteiger partial charge in [-0.3, -0.25) is 4.79 Å². The summed E-state index contributed by atoms with van der Waals surface area (Å²) in [6, 6.07) is 3.36. The monoisotopic (exact) mass is 236 g/mol. The second-order valence-electron chi connectivity index (χ2n) is 3.25. The predicted molar refractivity (Wildman–Crippen MR) is 47.5 cm³/mol. The maximum Gasteiger partial charge on any atom is 0.393 e. The molecular weight excluding hydrogens is 228 g/mol. The summed E-state index contributed by atoms with van der Waals surface area (Å²) >= 11 is 0. The highest BCUT2D eigenvalue weighted by Crippen LogP contribution is 2.24. The molecule has 2 nitrogen and oxygen atoms in total. The van der Waals surface area contributed by atoms with Crippen molar-refractivity contribution in [2.75, 3.05) is 0 Å². The lowest BCUT2D eigenvalue weighted by molar-refractivity contribution is -0.136. The normalized spacial score (nSPS) is 11.5. The van der Waals surface area contributed by atoms with Gasteiger partial charge in [-0.25, -0.2) is 4.39 Å². The van der Waals surface area contributed by atoms with Gasteiger partial charge in [-0.1, -0.05) is 18.2 Å². The molecule has 0 aliphatic carbocycles. The fourth-order valence-electron chi connectivity index (χ4n) is 1.28. The van der Waals surface area contributed by atoms with Gasteiger partial charge in [0.15, 0.2) is 0 Å². The van der Waals surface area contributed by atoms with Crippen LogP contribution in [0.2, 0.25) is 0 Å². The van der Waals surface area contributed by atoms with Crippen LogP contribution in [0.3, 0.4) is 0 Å². The van der Waals surface area contributed by atoms with E-state index in [2.05, 4.69) is 0 Å². The van der Waals surface area contributed by atoms with Crippen LogP contribution in [-0.2, 0) is 17.6 Å². The van der Waals surface area contributed by atoms with Crippen molar-refractivity contribution in [1.82, 2.24) is 0 Å². The minimum Gasteiger partial charge on any atom is -0.481 e. The third-order valence-corrected chi connectivity index (χ3v) is 1.89. The number of benzene rings is 1. The standard InChI is InChI=1S/C10H8F4O2/c11-9-6(4-8(15)16)2-1-3-7(9)5-10(12,13)14/h1-3H,4-5H2,(H,15,16). The summed E-state index contributed by atoms with van der Waals surface area (Å²) in [5, 5.41) is 8.43. The number of carboxylic acids is 1. The molecule has 0 heterocycles. The lowest BCUT2D eigenvalue weighted by Crippen LogP contribution is -2.14. The maximum absolute atomic E-state index is 13.4. The highest BCUT2D eigenvalue weighted by Gasteiger charge is 2.29.